The van der Waals surface area contributed by atoms with Crippen LogP contribution in [0.25, 0.3) is 0 Å². The van der Waals surface area contributed by atoms with Crippen molar-refractivity contribution in [3.8, 4) is 11.5 Å². The van der Waals surface area contributed by atoms with E-state index in [0.717, 1.165) is 5.56 Å². The van der Waals surface area contributed by atoms with Crippen LogP contribution in [0.3, 0.4) is 0 Å². The van der Waals surface area contributed by atoms with E-state index in [4.69, 9.17) is 9.47 Å². The maximum Gasteiger partial charge on any atom is 0.261 e. The van der Waals surface area contributed by atoms with Crippen molar-refractivity contribution in [1.29, 1.82) is 0 Å². The number of hydrogen-bond donors (Lipinski definition) is 0. The Labute approximate surface area is 169 Å². The lowest BCUT2D eigenvalue weighted by Crippen LogP contribution is -2.31. The molecular formula is C24H21NO4. The Kier molecular flexibility index (Phi) is 5.56. The second-order valence-electron chi connectivity index (χ2n) is 6.73. The van der Waals surface area contributed by atoms with Gasteiger partial charge < -0.3 is 9.47 Å². The quantitative estimate of drug-likeness (QED) is 0.426. The fourth-order valence-corrected chi connectivity index (χ4v) is 3.27. The Bertz CT molecular complexity index is 981. The molecule has 0 saturated carbocycles. The lowest BCUT2D eigenvalue weighted by atomic mass is 10.1. The summed E-state index contributed by atoms with van der Waals surface area (Å²) in [7, 11) is 0. The van der Waals surface area contributed by atoms with Gasteiger partial charge in [0, 0.05) is 6.54 Å². The molecule has 0 bridgehead atoms. The number of nitrogens with zero attached hydrogens (tertiary/aromatic N) is 1. The van der Waals surface area contributed by atoms with Gasteiger partial charge in [-0.05, 0) is 36.2 Å². The minimum Gasteiger partial charge on any atom is -0.490 e. The first-order valence-corrected chi connectivity index (χ1v) is 9.58. The molecule has 1 aliphatic heterocycles. The van der Waals surface area contributed by atoms with Crippen LogP contribution in [0.5, 0.6) is 11.5 Å². The zero-order valence-electron chi connectivity index (χ0n) is 15.9. The molecule has 146 valence electrons. The number of rotatable bonds is 8. The third-order valence-electron chi connectivity index (χ3n) is 4.75. The van der Waals surface area contributed by atoms with E-state index in [0.29, 0.717) is 48.8 Å². The molecule has 0 aliphatic carbocycles. The Balaban J connectivity index is 1.30. The fourth-order valence-electron chi connectivity index (χ4n) is 3.27. The van der Waals surface area contributed by atoms with Gasteiger partial charge in [-0.2, -0.15) is 0 Å². The van der Waals surface area contributed by atoms with Crippen LogP contribution in [-0.2, 0) is 6.61 Å². The van der Waals surface area contributed by atoms with Crippen LogP contribution in [-0.4, -0.2) is 29.9 Å². The summed E-state index contributed by atoms with van der Waals surface area (Å²) in [5.74, 6) is 0.831. The van der Waals surface area contributed by atoms with Crippen LogP contribution in [0.4, 0.5) is 0 Å². The Morgan fingerprint density at radius 2 is 1.21 bits per heavy atom. The van der Waals surface area contributed by atoms with Crippen LogP contribution in [0.1, 0.15) is 32.7 Å². The molecule has 0 spiro atoms. The third-order valence-corrected chi connectivity index (χ3v) is 4.75. The van der Waals surface area contributed by atoms with E-state index < -0.39 is 0 Å². The average Bonchev–Trinajstić information content (AvgIpc) is 3.01. The molecule has 0 N–H and O–H groups in total. The topological polar surface area (TPSA) is 55.8 Å². The van der Waals surface area contributed by atoms with E-state index in [9.17, 15) is 9.59 Å². The highest BCUT2D eigenvalue weighted by molar-refractivity contribution is 6.21. The summed E-state index contributed by atoms with van der Waals surface area (Å²) >= 11 is 0. The molecule has 1 aliphatic rings. The lowest BCUT2D eigenvalue weighted by molar-refractivity contribution is 0.0646. The molecule has 3 aromatic rings. The van der Waals surface area contributed by atoms with Crippen LogP contribution in [0, 0.1) is 0 Å². The summed E-state index contributed by atoms with van der Waals surface area (Å²) in [6, 6.07) is 24.3. The van der Waals surface area contributed by atoms with Crippen LogP contribution >= 0.6 is 0 Å². The van der Waals surface area contributed by atoms with Crippen molar-refractivity contribution in [3.63, 3.8) is 0 Å². The maximum atomic E-state index is 12.4. The standard InChI is InChI=1S/C24H21NO4/c26-23-19-11-4-5-12-20(19)24(27)25(23)15-8-16-28-21-13-6-7-14-22(21)29-17-18-9-2-1-3-10-18/h1-7,9-14H,8,15-17H2. The van der Waals surface area contributed by atoms with Gasteiger partial charge in [0.05, 0.1) is 17.7 Å². The lowest BCUT2D eigenvalue weighted by Gasteiger charge is -2.15. The molecule has 0 radical (unpaired) electrons. The summed E-state index contributed by atoms with van der Waals surface area (Å²) < 4.78 is 11.7. The van der Waals surface area contributed by atoms with E-state index in [1.54, 1.807) is 24.3 Å². The zero-order valence-corrected chi connectivity index (χ0v) is 15.9. The molecule has 3 aromatic carbocycles. The SMILES string of the molecule is O=C1c2ccccc2C(=O)N1CCCOc1ccccc1OCc1ccccc1. The monoisotopic (exact) mass is 387 g/mol. The number of carbonyl (C=O) groups is 2. The van der Waals surface area contributed by atoms with E-state index in [1.165, 1.54) is 4.90 Å². The van der Waals surface area contributed by atoms with Crippen molar-refractivity contribution in [1.82, 2.24) is 4.90 Å². The normalized spacial score (nSPS) is 12.8. The average molecular weight is 387 g/mol. The van der Waals surface area contributed by atoms with E-state index >= 15 is 0 Å². The van der Waals surface area contributed by atoms with E-state index in [1.807, 2.05) is 54.6 Å². The van der Waals surface area contributed by atoms with Gasteiger partial charge in [0.2, 0.25) is 0 Å². The van der Waals surface area contributed by atoms with Crippen LogP contribution in [0.2, 0.25) is 0 Å². The molecule has 0 aromatic heterocycles. The highest BCUT2D eigenvalue weighted by Crippen LogP contribution is 2.28. The Morgan fingerprint density at radius 1 is 0.655 bits per heavy atom. The van der Waals surface area contributed by atoms with Gasteiger partial charge in [0.15, 0.2) is 11.5 Å². The van der Waals surface area contributed by atoms with Crippen molar-refractivity contribution >= 4 is 11.8 Å². The second kappa shape index (κ2) is 8.61. The Morgan fingerprint density at radius 3 is 1.86 bits per heavy atom. The number of ether oxygens (including phenoxy) is 2. The van der Waals surface area contributed by atoms with Gasteiger partial charge in [-0.15, -0.1) is 0 Å². The number of benzene rings is 3. The van der Waals surface area contributed by atoms with Crippen LogP contribution in [0.15, 0.2) is 78.9 Å². The molecule has 0 atom stereocenters. The van der Waals surface area contributed by atoms with Crippen molar-refractivity contribution in [3.05, 3.63) is 95.6 Å². The number of amides is 2. The first-order valence-electron chi connectivity index (χ1n) is 9.58. The predicted octanol–water partition coefficient (Wildman–Crippen LogP) is 4.33. The second-order valence-corrected chi connectivity index (χ2v) is 6.73. The molecule has 5 nitrogen and oxygen atoms in total. The van der Waals surface area contributed by atoms with Gasteiger partial charge in [0.1, 0.15) is 6.61 Å². The Hall–Kier alpha value is -3.60. The molecule has 0 saturated heterocycles. The molecule has 0 unspecified atom stereocenters. The largest absolute Gasteiger partial charge is 0.490 e. The molecule has 2 amide bonds. The zero-order chi connectivity index (χ0) is 20.1. The number of para-hydroxylation sites is 2. The third kappa shape index (κ3) is 4.14. The minimum absolute atomic E-state index is 0.239. The predicted molar refractivity (Wildman–Crippen MR) is 109 cm³/mol. The van der Waals surface area contributed by atoms with E-state index in [2.05, 4.69) is 0 Å². The summed E-state index contributed by atoms with van der Waals surface area (Å²) in [5, 5.41) is 0. The van der Waals surface area contributed by atoms with Crippen molar-refractivity contribution in [2.75, 3.05) is 13.2 Å². The maximum absolute atomic E-state index is 12.4. The molecule has 5 heteroatoms. The molecule has 29 heavy (non-hydrogen) atoms. The van der Waals surface area contributed by atoms with Gasteiger partial charge in [0.25, 0.3) is 11.8 Å². The van der Waals surface area contributed by atoms with Crippen LogP contribution < -0.4 is 9.47 Å². The summed E-state index contributed by atoms with van der Waals surface area (Å²) in [4.78, 5) is 26.1. The van der Waals surface area contributed by atoms with Crippen molar-refractivity contribution in [2.24, 2.45) is 0 Å². The van der Waals surface area contributed by atoms with Gasteiger partial charge in [-0.1, -0.05) is 54.6 Å². The van der Waals surface area contributed by atoms with Gasteiger partial charge >= 0.3 is 0 Å². The first-order chi connectivity index (χ1) is 14.2. The number of hydrogen-bond acceptors (Lipinski definition) is 4. The molecule has 0 fully saturated rings. The van der Waals surface area contributed by atoms with Gasteiger partial charge in [-0.25, -0.2) is 0 Å². The number of fused-ring (bicyclic) bond motifs is 1. The molecule has 4 rings (SSSR count). The first kappa shape index (κ1) is 18.7. The van der Waals surface area contributed by atoms with E-state index in [-0.39, 0.29) is 11.8 Å². The molecular weight excluding hydrogens is 366 g/mol. The fraction of sp³-hybridized carbons (Fsp3) is 0.167. The summed E-state index contributed by atoms with van der Waals surface area (Å²) in [6.45, 7) is 1.15. The summed E-state index contributed by atoms with van der Waals surface area (Å²) in [6.07, 6.45) is 0.540. The highest BCUT2D eigenvalue weighted by atomic mass is 16.5. The highest BCUT2D eigenvalue weighted by Gasteiger charge is 2.34. The molecule has 1 heterocycles. The van der Waals surface area contributed by atoms with Gasteiger partial charge in [-0.3, -0.25) is 14.5 Å². The minimum atomic E-state index is -0.239. The number of carbonyl (C=O) groups excluding carboxylic acids is 2. The summed E-state index contributed by atoms with van der Waals surface area (Å²) in [5.41, 5.74) is 2.02. The number of imide groups is 1. The smallest absolute Gasteiger partial charge is 0.261 e. The van der Waals surface area contributed by atoms with Crippen molar-refractivity contribution < 1.29 is 19.1 Å². The van der Waals surface area contributed by atoms with Crippen molar-refractivity contribution in [2.45, 2.75) is 13.0 Å².